The number of aryl methyl sites for hydroxylation is 2. The normalized spacial score (nSPS) is 12.7. The quantitative estimate of drug-likeness (QED) is 0.788. The van der Waals surface area contributed by atoms with Crippen LogP contribution in [0.5, 0.6) is 0 Å². The molecule has 2 rings (SSSR count). The number of para-hydroxylation sites is 1. The van der Waals surface area contributed by atoms with Crippen LogP contribution in [0.15, 0.2) is 23.4 Å². The molecule has 0 bridgehead atoms. The highest BCUT2D eigenvalue weighted by Gasteiger charge is 2.14. The van der Waals surface area contributed by atoms with Gasteiger partial charge < -0.3 is 9.67 Å². The third kappa shape index (κ3) is 3.95. The lowest BCUT2D eigenvalue weighted by molar-refractivity contribution is -0.133. The van der Waals surface area contributed by atoms with Gasteiger partial charge in [-0.05, 0) is 31.2 Å². The van der Waals surface area contributed by atoms with E-state index in [9.17, 15) is 4.79 Å². The highest BCUT2D eigenvalue weighted by Crippen LogP contribution is 2.27. The Balaban J connectivity index is 2.36. The Morgan fingerprint density at radius 2 is 2.24 bits per heavy atom. The van der Waals surface area contributed by atoms with Crippen molar-refractivity contribution in [2.45, 2.75) is 37.2 Å². The monoisotopic (exact) mass is 324 g/mol. The molecular weight excluding hydrogens is 304 g/mol. The summed E-state index contributed by atoms with van der Waals surface area (Å²) in [7, 11) is 0. The van der Waals surface area contributed by atoms with E-state index in [2.05, 4.69) is 35.7 Å². The average Bonchev–Trinajstić information content (AvgIpc) is 2.81. The minimum Gasteiger partial charge on any atom is -0.481 e. The molecule has 4 nitrogen and oxygen atoms in total. The number of aliphatic carboxylic acids is 1. The first-order valence-electron chi connectivity index (χ1n) is 6.86. The van der Waals surface area contributed by atoms with Crippen molar-refractivity contribution in [3.8, 4) is 0 Å². The molecule has 1 unspecified atom stereocenters. The van der Waals surface area contributed by atoms with Crippen LogP contribution in [-0.2, 0) is 11.3 Å². The number of imidazole rings is 1. The molecule has 114 valence electrons. The number of benzene rings is 1. The fraction of sp³-hybridized carbons (Fsp3) is 0.467. The molecule has 2 aromatic rings. The number of hydrogen-bond acceptors (Lipinski definition) is 4. The van der Waals surface area contributed by atoms with Crippen LogP contribution in [0.2, 0.25) is 0 Å². The van der Waals surface area contributed by atoms with Crippen LogP contribution in [0.1, 0.15) is 18.9 Å². The van der Waals surface area contributed by atoms with E-state index in [1.165, 1.54) is 17.3 Å². The molecular formula is C15H20N2O2S2. The van der Waals surface area contributed by atoms with Gasteiger partial charge in [0.2, 0.25) is 0 Å². The molecule has 0 saturated heterocycles. The summed E-state index contributed by atoms with van der Waals surface area (Å²) in [6, 6.07) is 6.05. The maximum absolute atomic E-state index is 10.8. The Labute approximate surface area is 133 Å². The van der Waals surface area contributed by atoms with Crippen molar-refractivity contribution in [3.05, 3.63) is 23.8 Å². The number of aromatic nitrogens is 2. The van der Waals surface area contributed by atoms with E-state index >= 15 is 0 Å². The lowest BCUT2D eigenvalue weighted by Crippen LogP contribution is -2.07. The Hall–Kier alpha value is -1.14. The summed E-state index contributed by atoms with van der Waals surface area (Å²) in [4.78, 5) is 15.4. The SMILES string of the molecule is CSC(C)CCn1c(SCC(=O)O)nc2cccc(C)c21. The molecule has 0 aliphatic rings. The van der Waals surface area contributed by atoms with Crippen LogP contribution in [0.4, 0.5) is 0 Å². The molecule has 6 heteroatoms. The van der Waals surface area contributed by atoms with Crippen LogP contribution >= 0.6 is 23.5 Å². The van der Waals surface area contributed by atoms with Gasteiger partial charge in [0.1, 0.15) is 0 Å². The first-order chi connectivity index (χ1) is 10.0. The van der Waals surface area contributed by atoms with Crippen molar-refractivity contribution < 1.29 is 9.90 Å². The van der Waals surface area contributed by atoms with E-state index in [1.54, 1.807) is 0 Å². The molecule has 0 spiro atoms. The fourth-order valence-corrected chi connectivity index (χ4v) is 3.31. The van der Waals surface area contributed by atoms with E-state index in [1.807, 2.05) is 23.9 Å². The van der Waals surface area contributed by atoms with E-state index in [4.69, 9.17) is 5.11 Å². The Morgan fingerprint density at radius 1 is 1.48 bits per heavy atom. The number of thioether (sulfide) groups is 2. The summed E-state index contributed by atoms with van der Waals surface area (Å²) in [5, 5.41) is 10.3. The zero-order valence-corrected chi connectivity index (χ0v) is 14.1. The van der Waals surface area contributed by atoms with Crippen molar-refractivity contribution in [1.29, 1.82) is 0 Å². The van der Waals surface area contributed by atoms with Crippen LogP contribution in [0, 0.1) is 6.92 Å². The van der Waals surface area contributed by atoms with Crippen LogP contribution in [0.3, 0.4) is 0 Å². The molecule has 1 N–H and O–H groups in total. The molecule has 0 aliphatic heterocycles. The summed E-state index contributed by atoms with van der Waals surface area (Å²) in [5.41, 5.74) is 3.25. The molecule has 0 saturated carbocycles. The number of carboxylic acid groups (broad SMARTS) is 1. The molecule has 1 heterocycles. The number of carboxylic acids is 1. The lowest BCUT2D eigenvalue weighted by Gasteiger charge is -2.12. The predicted octanol–water partition coefficient (Wildman–Crippen LogP) is 3.66. The molecule has 0 amide bonds. The first kappa shape index (κ1) is 16.2. The largest absolute Gasteiger partial charge is 0.481 e. The smallest absolute Gasteiger partial charge is 0.313 e. The zero-order chi connectivity index (χ0) is 15.4. The summed E-state index contributed by atoms with van der Waals surface area (Å²) in [6.07, 6.45) is 3.16. The number of nitrogens with zero attached hydrogens (tertiary/aromatic N) is 2. The maximum atomic E-state index is 10.8. The highest BCUT2D eigenvalue weighted by atomic mass is 32.2. The number of hydrogen-bond donors (Lipinski definition) is 1. The van der Waals surface area contributed by atoms with Gasteiger partial charge in [-0.3, -0.25) is 4.79 Å². The molecule has 1 atom stereocenters. The van der Waals surface area contributed by atoms with Crippen molar-refractivity contribution >= 4 is 40.5 Å². The molecule has 1 aromatic carbocycles. The van der Waals surface area contributed by atoms with Crippen LogP contribution in [-0.4, -0.2) is 37.9 Å². The number of carbonyl (C=O) groups is 1. The Kier molecular flexibility index (Phi) is 5.58. The fourth-order valence-electron chi connectivity index (χ4n) is 2.22. The second-order valence-electron chi connectivity index (χ2n) is 5.01. The zero-order valence-electron chi connectivity index (χ0n) is 12.5. The predicted molar refractivity (Wildman–Crippen MR) is 90.4 cm³/mol. The van der Waals surface area contributed by atoms with E-state index in [0.29, 0.717) is 5.25 Å². The standard InChI is InChI=1S/C15H20N2O2S2/c1-10-5-4-6-12-14(10)17(8-7-11(2)20-3)15(16-12)21-9-13(18)19/h4-6,11H,7-9H2,1-3H3,(H,18,19). The van der Waals surface area contributed by atoms with Gasteiger partial charge in [-0.1, -0.05) is 30.8 Å². The van der Waals surface area contributed by atoms with E-state index in [-0.39, 0.29) is 5.75 Å². The lowest BCUT2D eigenvalue weighted by atomic mass is 10.2. The van der Waals surface area contributed by atoms with Crippen LogP contribution in [0.25, 0.3) is 11.0 Å². The molecule has 0 radical (unpaired) electrons. The maximum Gasteiger partial charge on any atom is 0.313 e. The van der Waals surface area contributed by atoms with E-state index in [0.717, 1.165) is 29.2 Å². The van der Waals surface area contributed by atoms with Gasteiger partial charge in [0.15, 0.2) is 5.16 Å². The summed E-state index contributed by atoms with van der Waals surface area (Å²) < 4.78 is 2.17. The van der Waals surface area contributed by atoms with Gasteiger partial charge in [0, 0.05) is 11.8 Å². The summed E-state index contributed by atoms with van der Waals surface area (Å²) >= 11 is 3.14. The molecule has 0 fully saturated rings. The first-order valence-corrected chi connectivity index (χ1v) is 9.13. The molecule has 0 aliphatic carbocycles. The van der Waals surface area contributed by atoms with E-state index < -0.39 is 5.97 Å². The van der Waals surface area contributed by atoms with Crippen molar-refractivity contribution in [2.75, 3.05) is 12.0 Å². The van der Waals surface area contributed by atoms with Gasteiger partial charge in [-0.2, -0.15) is 11.8 Å². The van der Waals surface area contributed by atoms with Crippen molar-refractivity contribution in [2.24, 2.45) is 0 Å². The second-order valence-corrected chi connectivity index (χ2v) is 7.22. The third-order valence-electron chi connectivity index (χ3n) is 3.42. The highest BCUT2D eigenvalue weighted by molar-refractivity contribution is 7.99. The minimum atomic E-state index is -0.812. The van der Waals surface area contributed by atoms with Gasteiger partial charge in [-0.25, -0.2) is 4.98 Å². The third-order valence-corrected chi connectivity index (χ3v) is 5.42. The van der Waals surface area contributed by atoms with Gasteiger partial charge in [-0.15, -0.1) is 0 Å². The second kappa shape index (κ2) is 7.22. The molecule has 1 aromatic heterocycles. The number of rotatable bonds is 7. The average molecular weight is 324 g/mol. The summed E-state index contributed by atoms with van der Waals surface area (Å²) in [6.45, 7) is 5.15. The van der Waals surface area contributed by atoms with Gasteiger partial charge in [0.05, 0.1) is 16.8 Å². The number of fused-ring (bicyclic) bond motifs is 1. The minimum absolute atomic E-state index is 0.0421. The topological polar surface area (TPSA) is 55.1 Å². The Morgan fingerprint density at radius 3 is 2.90 bits per heavy atom. The Bertz CT molecular complexity index is 640. The van der Waals surface area contributed by atoms with Gasteiger partial charge >= 0.3 is 5.97 Å². The summed E-state index contributed by atoms with van der Waals surface area (Å²) in [5.74, 6) is -0.770. The molecule has 21 heavy (non-hydrogen) atoms. The van der Waals surface area contributed by atoms with Crippen molar-refractivity contribution in [1.82, 2.24) is 9.55 Å². The van der Waals surface area contributed by atoms with Crippen LogP contribution < -0.4 is 0 Å². The van der Waals surface area contributed by atoms with Gasteiger partial charge in [0.25, 0.3) is 0 Å². The van der Waals surface area contributed by atoms with Crippen molar-refractivity contribution in [3.63, 3.8) is 0 Å².